The van der Waals surface area contributed by atoms with E-state index in [9.17, 15) is 14.7 Å². The highest BCUT2D eigenvalue weighted by Gasteiger charge is 2.51. The maximum atomic E-state index is 13.1. The summed E-state index contributed by atoms with van der Waals surface area (Å²) in [7, 11) is 1.56. The van der Waals surface area contributed by atoms with Crippen molar-refractivity contribution in [3.63, 3.8) is 0 Å². The molecule has 0 bridgehead atoms. The summed E-state index contributed by atoms with van der Waals surface area (Å²) in [5, 5.41) is 9.80. The van der Waals surface area contributed by atoms with Crippen LogP contribution in [0.1, 0.15) is 44.2 Å². The number of hydrogen-bond acceptors (Lipinski definition) is 5. The fourth-order valence-corrected chi connectivity index (χ4v) is 3.28. The van der Waals surface area contributed by atoms with Gasteiger partial charge in [0.1, 0.15) is 17.4 Å². The van der Waals surface area contributed by atoms with Crippen LogP contribution >= 0.6 is 0 Å². The van der Waals surface area contributed by atoms with Crippen LogP contribution in [0.5, 0.6) is 5.75 Å². The standard InChI is InChI=1S/C22H25NO6/c1-22(2,3)29-21(26)23-17(14-8-6-5-7-9-14)18(20(24)25)28-19(23)15-10-12-16(27-4)13-11-15/h5-13,17-19H,1-4H3,(H,24,25)/t17-,18-,19?/m0/s1. The van der Waals surface area contributed by atoms with Gasteiger partial charge in [0.2, 0.25) is 0 Å². The lowest BCUT2D eigenvalue weighted by Crippen LogP contribution is -2.40. The average Bonchev–Trinajstić information content (AvgIpc) is 3.08. The van der Waals surface area contributed by atoms with Gasteiger partial charge >= 0.3 is 12.1 Å². The van der Waals surface area contributed by atoms with Crippen LogP contribution in [0.2, 0.25) is 0 Å². The first-order valence-electron chi connectivity index (χ1n) is 9.30. The van der Waals surface area contributed by atoms with Gasteiger partial charge in [0.15, 0.2) is 12.3 Å². The van der Waals surface area contributed by atoms with Crippen molar-refractivity contribution < 1.29 is 28.9 Å². The number of hydrogen-bond donors (Lipinski definition) is 1. The fraction of sp³-hybridized carbons (Fsp3) is 0.364. The van der Waals surface area contributed by atoms with Gasteiger partial charge in [0, 0.05) is 5.56 Å². The van der Waals surface area contributed by atoms with Gasteiger partial charge in [-0.2, -0.15) is 0 Å². The Hall–Kier alpha value is -3.06. The first kappa shape index (κ1) is 20.7. The molecule has 29 heavy (non-hydrogen) atoms. The highest BCUT2D eigenvalue weighted by molar-refractivity contribution is 5.77. The predicted octanol–water partition coefficient (Wildman–Crippen LogP) is 4.16. The van der Waals surface area contributed by atoms with Gasteiger partial charge in [-0.3, -0.25) is 4.90 Å². The van der Waals surface area contributed by atoms with Gasteiger partial charge in [-0.15, -0.1) is 0 Å². The first-order valence-corrected chi connectivity index (χ1v) is 9.30. The molecular formula is C22H25NO6. The van der Waals surface area contributed by atoms with E-state index in [0.29, 0.717) is 16.9 Å². The van der Waals surface area contributed by atoms with Crippen LogP contribution in [0.3, 0.4) is 0 Å². The van der Waals surface area contributed by atoms with Crippen molar-refractivity contribution in [2.24, 2.45) is 0 Å². The molecule has 7 nitrogen and oxygen atoms in total. The van der Waals surface area contributed by atoms with Gasteiger partial charge in [-0.05, 0) is 38.5 Å². The molecule has 1 amide bonds. The second-order valence-electron chi connectivity index (χ2n) is 7.76. The lowest BCUT2D eigenvalue weighted by Gasteiger charge is -2.31. The van der Waals surface area contributed by atoms with Crippen LogP contribution in [0.25, 0.3) is 0 Å². The summed E-state index contributed by atoms with van der Waals surface area (Å²) in [5.41, 5.74) is 0.535. The minimum atomic E-state index is -1.24. The van der Waals surface area contributed by atoms with E-state index in [4.69, 9.17) is 14.2 Å². The zero-order valence-corrected chi connectivity index (χ0v) is 16.9. The number of carboxylic acids is 1. The average molecular weight is 399 g/mol. The fourth-order valence-electron chi connectivity index (χ4n) is 3.28. The molecule has 154 valence electrons. The lowest BCUT2D eigenvalue weighted by atomic mass is 10.0. The third-order valence-corrected chi connectivity index (χ3v) is 4.50. The molecule has 7 heteroatoms. The Morgan fingerprint density at radius 3 is 2.14 bits per heavy atom. The molecule has 0 aliphatic carbocycles. The predicted molar refractivity (Wildman–Crippen MR) is 105 cm³/mol. The van der Waals surface area contributed by atoms with Crippen LogP contribution < -0.4 is 4.74 Å². The Morgan fingerprint density at radius 1 is 1.00 bits per heavy atom. The van der Waals surface area contributed by atoms with E-state index in [2.05, 4.69) is 0 Å². The Kier molecular flexibility index (Phi) is 5.79. The second-order valence-corrected chi connectivity index (χ2v) is 7.76. The third kappa shape index (κ3) is 4.51. The van der Waals surface area contributed by atoms with Crippen molar-refractivity contribution in [2.45, 2.75) is 44.7 Å². The van der Waals surface area contributed by atoms with E-state index >= 15 is 0 Å². The van der Waals surface area contributed by atoms with E-state index in [1.54, 1.807) is 76.4 Å². The van der Waals surface area contributed by atoms with Gasteiger partial charge in [0.05, 0.1) is 7.11 Å². The summed E-state index contributed by atoms with van der Waals surface area (Å²) in [6.45, 7) is 5.28. The number of carboxylic acid groups (broad SMARTS) is 1. The lowest BCUT2D eigenvalue weighted by molar-refractivity contribution is -0.150. The summed E-state index contributed by atoms with van der Waals surface area (Å²) in [6, 6.07) is 15.1. The van der Waals surface area contributed by atoms with Crippen LogP contribution in [0.4, 0.5) is 4.79 Å². The molecule has 1 heterocycles. The number of carbonyl (C=O) groups is 2. The number of nitrogens with zero attached hydrogens (tertiary/aromatic N) is 1. The van der Waals surface area contributed by atoms with Crippen molar-refractivity contribution >= 4 is 12.1 Å². The molecule has 1 aliphatic heterocycles. The number of amides is 1. The zero-order valence-electron chi connectivity index (χ0n) is 16.9. The monoisotopic (exact) mass is 399 g/mol. The van der Waals surface area contributed by atoms with E-state index in [1.807, 2.05) is 6.07 Å². The molecule has 0 spiro atoms. The molecule has 1 saturated heterocycles. The molecule has 1 N–H and O–H groups in total. The highest BCUT2D eigenvalue weighted by Crippen LogP contribution is 2.44. The molecular weight excluding hydrogens is 374 g/mol. The summed E-state index contributed by atoms with van der Waals surface area (Å²) in [5.74, 6) is -0.506. The maximum absolute atomic E-state index is 13.1. The number of aliphatic carboxylic acids is 1. The number of methoxy groups -OCH3 is 1. The van der Waals surface area contributed by atoms with Crippen LogP contribution in [0.15, 0.2) is 54.6 Å². The van der Waals surface area contributed by atoms with Crippen LogP contribution in [0, 0.1) is 0 Å². The van der Waals surface area contributed by atoms with Crippen molar-refractivity contribution in [1.29, 1.82) is 0 Å². The number of rotatable bonds is 4. The SMILES string of the molecule is COc1ccc(C2O[C@H](C(=O)O)[C@H](c3ccccc3)N2C(=O)OC(C)(C)C)cc1. The van der Waals surface area contributed by atoms with E-state index in [-0.39, 0.29) is 0 Å². The number of ether oxygens (including phenoxy) is 3. The second kappa shape index (κ2) is 8.13. The van der Waals surface area contributed by atoms with Gasteiger partial charge in [-0.1, -0.05) is 42.5 Å². The van der Waals surface area contributed by atoms with Crippen molar-refractivity contribution in [1.82, 2.24) is 4.90 Å². The Morgan fingerprint density at radius 2 is 1.62 bits per heavy atom. The molecule has 1 aliphatic rings. The quantitative estimate of drug-likeness (QED) is 0.831. The summed E-state index contributed by atoms with van der Waals surface area (Å²) >= 11 is 0. The Bertz CT molecular complexity index is 859. The van der Waals surface area contributed by atoms with E-state index < -0.39 is 36.0 Å². The smallest absolute Gasteiger partial charge is 0.413 e. The molecule has 2 aromatic rings. The molecule has 1 fully saturated rings. The maximum Gasteiger partial charge on any atom is 0.413 e. The normalized spacial score (nSPS) is 21.7. The molecule has 0 radical (unpaired) electrons. The van der Waals surface area contributed by atoms with E-state index in [0.717, 1.165) is 0 Å². The molecule has 0 saturated carbocycles. The topological polar surface area (TPSA) is 85.3 Å². The Balaban J connectivity index is 2.07. The summed E-state index contributed by atoms with van der Waals surface area (Å²) in [6.07, 6.45) is -2.80. The van der Waals surface area contributed by atoms with Gasteiger partial charge < -0.3 is 19.3 Å². The largest absolute Gasteiger partial charge is 0.497 e. The summed E-state index contributed by atoms with van der Waals surface area (Å²) in [4.78, 5) is 26.5. The number of carbonyl (C=O) groups excluding carboxylic acids is 1. The van der Waals surface area contributed by atoms with Crippen molar-refractivity contribution in [2.75, 3.05) is 7.11 Å². The van der Waals surface area contributed by atoms with E-state index in [1.165, 1.54) is 4.90 Å². The minimum Gasteiger partial charge on any atom is -0.497 e. The molecule has 3 rings (SSSR count). The zero-order chi connectivity index (χ0) is 21.2. The number of benzene rings is 2. The van der Waals surface area contributed by atoms with Crippen LogP contribution in [-0.4, -0.2) is 40.9 Å². The van der Waals surface area contributed by atoms with Crippen LogP contribution in [-0.2, 0) is 14.3 Å². The molecule has 2 aromatic carbocycles. The first-order chi connectivity index (χ1) is 13.7. The summed E-state index contributed by atoms with van der Waals surface area (Å²) < 4.78 is 16.7. The molecule has 3 atom stereocenters. The molecule has 1 unspecified atom stereocenters. The molecule has 0 aromatic heterocycles. The van der Waals surface area contributed by atoms with Crippen molar-refractivity contribution in [3.8, 4) is 5.75 Å². The van der Waals surface area contributed by atoms with Gasteiger partial charge in [0.25, 0.3) is 0 Å². The third-order valence-electron chi connectivity index (χ3n) is 4.50. The van der Waals surface area contributed by atoms with Crippen molar-refractivity contribution in [3.05, 3.63) is 65.7 Å². The Labute approximate surface area is 169 Å². The minimum absolute atomic E-state index is 0.626. The van der Waals surface area contributed by atoms with Gasteiger partial charge in [-0.25, -0.2) is 9.59 Å². The highest BCUT2D eigenvalue weighted by atomic mass is 16.6.